The minimum atomic E-state index is -0.585. The maximum Gasteiger partial charge on any atom is 0.0760 e. The summed E-state index contributed by atoms with van der Waals surface area (Å²) in [5, 5.41) is 2.58. The summed E-state index contributed by atoms with van der Waals surface area (Å²) in [6.45, 7) is 9.64. The van der Waals surface area contributed by atoms with Gasteiger partial charge in [0.05, 0.1) is 22.1 Å². The SMILES string of the molecule is CC1(C)c2ccccc2-c2ccc(C(c3ccc4c(c3)C(C)(C)c3ccccc3-4)c3ccccc3-c3cccc4c3C3(c5ccccc5-c5ccccc53)c3cccc5c6ccccc6n-4c35)cc21. The van der Waals surface area contributed by atoms with Crippen LogP contribution in [0, 0.1) is 0 Å². The first kappa shape index (κ1) is 39.0. The van der Waals surface area contributed by atoms with Crippen LogP contribution < -0.4 is 0 Å². The standard InChI is InChI=1S/C68H49N/c1-66(2)54-28-12-7-20-44(54)48-37-35-41(39-59(48)66)63(42-36-38-49-45-21-8-13-29-55(45)67(3,4)60(49)40-42)51-25-6-5-19-43(51)52-26-18-34-62-64(52)68(56-30-14-9-22-46(56)47-23-10-15-31-57(47)68)58-32-17-27-53-50-24-11-16-33-61(50)69(62)65(53)58/h5-40,63H,1-4H3. The molecule has 0 saturated heterocycles. The molecule has 1 aliphatic heterocycles. The molecule has 0 amide bonds. The van der Waals surface area contributed by atoms with Crippen molar-refractivity contribution in [3.8, 4) is 50.2 Å². The van der Waals surface area contributed by atoms with Crippen LogP contribution in [0.4, 0.5) is 0 Å². The Labute approximate surface area is 404 Å². The summed E-state index contributed by atoms with van der Waals surface area (Å²) in [5.74, 6) is -0.0687. The number of aromatic nitrogens is 1. The molecule has 69 heavy (non-hydrogen) atoms. The Balaban J connectivity index is 1.05. The molecule has 0 fully saturated rings. The molecule has 1 nitrogen and oxygen atoms in total. The van der Waals surface area contributed by atoms with E-state index in [1.165, 1.54) is 133 Å². The average Bonchev–Trinajstić information content (AvgIpc) is 4.04. The van der Waals surface area contributed by atoms with Gasteiger partial charge in [-0.25, -0.2) is 0 Å². The third kappa shape index (κ3) is 4.85. The first-order chi connectivity index (χ1) is 33.8. The van der Waals surface area contributed by atoms with Gasteiger partial charge in [0.2, 0.25) is 0 Å². The summed E-state index contributed by atoms with van der Waals surface area (Å²) in [6.07, 6.45) is 0. The fourth-order valence-electron chi connectivity index (χ4n) is 14.2. The first-order valence-electron chi connectivity index (χ1n) is 24.7. The molecule has 326 valence electrons. The zero-order chi connectivity index (χ0) is 46.0. The Kier molecular flexibility index (Phi) is 7.69. The molecule has 4 aliphatic rings. The van der Waals surface area contributed by atoms with E-state index in [4.69, 9.17) is 0 Å². The van der Waals surface area contributed by atoms with Crippen molar-refractivity contribution in [2.45, 2.75) is 49.9 Å². The van der Waals surface area contributed by atoms with E-state index in [-0.39, 0.29) is 16.7 Å². The lowest BCUT2D eigenvalue weighted by Crippen LogP contribution is -2.34. The highest BCUT2D eigenvalue weighted by molar-refractivity contribution is 6.13. The van der Waals surface area contributed by atoms with Crippen molar-refractivity contribution >= 4 is 21.8 Å². The number of rotatable bonds is 4. The largest absolute Gasteiger partial charge is 0.309 e. The average molecular weight is 880 g/mol. The Morgan fingerprint density at radius 2 is 0.768 bits per heavy atom. The Morgan fingerprint density at radius 1 is 0.333 bits per heavy atom. The molecule has 1 aromatic heterocycles. The van der Waals surface area contributed by atoms with Gasteiger partial charge in [0, 0.05) is 33.1 Å². The van der Waals surface area contributed by atoms with Gasteiger partial charge in [0.15, 0.2) is 0 Å². The van der Waals surface area contributed by atoms with E-state index >= 15 is 0 Å². The summed E-state index contributed by atoms with van der Waals surface area (Å²) < 4.78 is 2.59. The second kappa shape index (κ2) is 13.6. The summed E-state index contributed by atoms with van der Waals surface area (Å²) >= 11 is 0. The zero-order valence-electron chi connectivity index (χ0n) is 39.3. The fraction of sp³-hybridized carbons (Fsp3) is 0.118. The van der Waals surface area contributed by atoms with E-state index in [9.17, 15) is 0 Å². The van der Waals surface area contributed by atoms with Gasteiger partial charge < -0.3 is 4.57 Å². The van der Waals surface area contributed by atoms with Crippen molar-refractivity contribution in [1.29, 1.82) is 0 Å². The van der Waals surface area contributed by atoms with E-state index in [1.807, 2.05) is 0 Å². The minimum absolute atomic E-state index is 0.0687. The highest BCUT2D eigenvalue weighted by Crippen LogP contribution is 2.63. The third-order valence-corrected chi connectivity index (χ3v) is 17.2. The number of hydrogen-bond acceptors (Lipinski definition) is 0. The van der Waals surface area contributed by atoms with Gasteiger partial charge in [-0.05, 0) is 112 Å². The van der Waals surface area contributed by atoms with Crippen molar-refractivity contribution in [3.63, 3.8) is 0 Å². The van der Waals surface area contributed by atoms with Crippen LogP contribution in [0.5, 0.6) is 0 Å². The van der Waals surface area contributed by atoms with Gasteiger partial charge in [0.1, 0.15) is 0 Å². The summed E-state index contributed by atoms with van der Waals surface area (Å²) in [5.41, 5.74) is 28.4. The van der Waals surface area contributed by atoms with E-state index in [2.05, 4.69) is 251 Å². The van der Waals surface area contributed by atoms with Crippen molar-refractivity contribution in [1.82, 2.24) is 4.57 Å². The topological polar surface area (TPSA) is 4.93 Å². The quantitative estimate of drug-likeness (QED) is 0.155. The normalized spacial score (nSPS) is 15.4. The summed E-state index contributed by atoms with van der Waals surface area (Å²) in [4.78, 5) is 0. The fourth-order valence-corrected chi connectivity index (χ4v) is 14.2. The Hall–Kier alpha value is -8.00. The molecule has 15 rings (SSSR count). The van der Waals surface area contributed by atoms with Crippen molar-refractivity contribution in [3.05, 3.63) is 280 Å². The molecule has 0 bridgehead atoms. The molecular formula is C68H49N. The lowest BCUT2D eigenvalue weighted by molar-refractivity contribution is 0.657. The summed E-state index contributed by atoms with van der Waals surface area (Å²) in [7, 11) is 0. The van der Waals surface area contributed by atoms with Crippen LogP contribution >= 0.6 is 0 Å². The van der Waals surface area contributed by atoms with Gasteiger partial charge in [-0.2, -0.15) is 0 Å². The van der Waals surface area contributed by atoms with E-state index in [1.54, 1.807) is 0 Å². The monoisotopic (exact) mass is 879 g/mol. The third-order valence-electron chi connectivity index (χ3n) is 17.2. The van der Waals surface area contributed by atoms with Crippen LogP contribution in [0.2, 0.25) is 0 Å². The predicted molar refractivity (Wildman–Crippen MR) is 286 cm³/mol. The van der Waals surface area contributed by atoms with Gasteiger partial charge >= 0.3 is 0 Å². The lowest BCUT2D eigenvalue weighted by Gasteiger charge is -2.41. The predicted octanol–water partition coefficient (Wildman–Crippen LogP) is 16.9. The van der Waals surface area contributed by atoms with Crippen LogP contribution in [-0.2, 0) is 16.2 Å². The maximum absolute atomic E-state index is 2.59. The molecule has 3 aliphatic carbocycles. The highest BCUT2D eigenvalue weighted by Gasteiger charge is 2.52. The lowest BCUT2D eigenvalue weighted by atomic mass is 9.63. The molecule has 0 N–H and O–H groups in total. The van der Waals surface area contributed by atoms with Crippen molar-refractivity contribution in [2.24, 2.45) is 0 Å². The number of fused-ring (bicyclic) bond motifs is 18. The first-order valence-corrected chi connectivity index (χ1v) is 24.7. The van der Waals surface area contributed by atoms with Gasteiger partial charge in [-0.15, -0.1) is 0 Å². The molecule has 11 aromatic rings. The molecule has 1 heteroatoms. The van der Waals surface area contributed by atoms with Crippen molar-refractivity contribution < 1.29 is 0 Å². The molecule has 10 aromatic carbocycles. The molecule has 0 radical (unpaired) electrons. The number of benzene rings is 10. The van der Waals surface area contributed by atoms with Gasteiger partial charge in [0.25, 0.3) is 0 Å². The van der Waals surface area contributed by atoms with Crippen LogP contribution in [0.15, 0.2) is 218 Å². The van der Waals surface area contributed by atoms with E-state index < -0.39 is 5.41 Å². The smallest absolute Gasteiger partial charge is 0.0760 e. The van der Waals surface area contributed by atoms with Gasteiger partial charge in [-0.1, -0.05) is 234 Å². The van der Waals surface area contributed by atoms with Crippen LogP contribution in [0.25, 0.3) is 72.0 Å². The Bertz CT molecular complexity index is 3890. The zero-order valence-corrected chi connectivity index (χ0v) is 39.3. The van der Waals surface area contributed by atoms with Crippen LogP contribution in [0.3, 0.4) is 0 Å². The van der Waals surface area contributed by atoms with E-state index in [0.717, 1.165) is 0 Å². The maximum atomic E-state index is 2.59. The molecule has 2 heterocycles. The van der Waals surface area contributed by atoms with Crippen molar-refractivity contribution in [2.75, 3.05) is 0 Å². The second-order valence-corrected chi connectivity index (χ2v) is 21.1. The molecule has 0 atom stereocenters. The molecular weight excluding hydrogens is 831 g/mol. The van der Waals surface area contributed by atoms with E-state index in [0.29, 0.717) is 0 Å². The van der Waals surface area contributed by atoms with Gasteiger partial charge in [-0.3, -0.25) is 0 Å². The number of nitrogens with zero attached hydrogens (tertiary/aromatic N) is 1. The highest BCUT2D eigenvalue weighted by atomic mass is 15.0. The number of hydrogen-bond donors (Lipinski definition) is 0. The van der Waals surface area contributed by atoms with Crippen LogP contribution in [-0.4, -0.2) is 4.57 Å². The van der Waals surface area contributed by atoms with Crippen LogP contribution in [0.1, 0.15) is 94.8 Å². The summed E-state index contributed by atoms with van der Waals surface area (Å²) in [6, 6.07) is 84.0. The molecule has 0 saturated carbocycles. The Morgan fingerprint density at radius 3 is 1.38 bits per heavy atom. The second-order valence-electron chi connectivity index (χ2n) is 21.1. The molecule has 0 unspecified atom stereocenters. The minimum Gasteiger partial charge on any atom is -0.309 e. The number of para-hydroxylation sites is 2. The molecule has 1 spiro atoms.